The molecule has 1 aliphatic carbocycles. The van der Waals surface area contributed by atoms with Crippen molar-refractivity contribution in [2.24, 2.45) is 5.92 Å². The van der Waals surface area contributed by atoms with Gasteiger partial charge in [0.15, 0.2) is 0 Å². The van der Waals surface area contributed by atoms with Crippen LogP contribution in [0, 0.1) is 5.92 Å². The van der Waals surface area contributed by atoms with E-state index in [0.717, 1.165) is 31.3 Å². The zero-order chi connectivity index (χ0) is 9.68. The summed E-state index contributed by atoms with van der Waals surface area (Å²) in [5, 5.41) is 8.65. The van der Waals surface area contributed by atoms with E-state index in [-0.39, 0.29) is 0 Å². The molecule has 0 spiro atoms. The second-order valence-electron chi connectivity index (χ2n) is 3.52. The van der Waals surface area contributed by atoms with Crippen LogP contribution < -0.4 is 0 Å². The van der Waals surface area contributed by atoms with Gasteiger partial charge in [-0.2, -0.15) is 0 Å². The Kier molecular flexibility index (Phi) is 3.74. The molecule has 0 aliphatic heterocycles. The maximum atomic E-state index is 10.5. The first kappa shape index (κ1) is 10.0. The second-order valence-corrected chi connectivity index (χ2v) is 3.52. The minimum absolute atomic E-state index is 0.433. The van der Waals surface area contributed by atoms with Crippen molar-refractivity contribution in [2.45, 2.75) is 32.1 Å². The highest BCUT2D eigenvalue weighted by Gasteiger charge is 2.18. The molecule has 1 N–H and O–H groups in total. The number of carboxylic acids is 1. The molecule has 1 aliphatic rings. The predicted molar refractivity (Wildman–Crippen MR) is 52.5 cm³/mol. The molecular weight excluding hydrogens is 164 g/mol. The number of carbonyl (C=O) groups is 1. The summed E-state index contributed by atoms with van der Waals surface area (Å²) >= 11 is 0. The van der Waals surface area contributed by atoms with Crippen molar-refractivity contribution in [2.75, 3.05) is 0 Å². The molecule has 1 fully saturated rings. The molecule has 0 radical (unpaired) electrons. The van der Waals surface area contributed by atoms with Crippen molar-refractivity contribution in [3.05, 3.63) is 24.3 Å². The fraction of sp³-hybridized carbons (Fsp3) is 0.545. The van der Waals surface area contributed by atoms with Gasteiger partial charge in [-0.05, 0) is 31.6 Å². The van der Waals surface area contributed by atoms with Crippen LogP contribution >= 0.6 is 0 Å². The summed E-state index contributed by atoms with van der Waals surface area (Å²) in [4.78, 5) is 10.5. The normalized spacial score (nSPS) is 25.8. The molecule has 72 valence electrons. The van der Waals surface area contributed by atoms with Crippen molar-refractivity contribution in [1.82, 2.24) is 0 Å². The first-order valence-corrected chi connectivity index (χ1v) is 4.78. The molecule has 0 unspecified atom stereocenters. The molecule has 0 bridgehead atoms. The van der Waals surface area contributed by atoms with Gasteiger partial charge < -0.3 is 5.11 Å². The Bertz CT molecular complexity index is 228. The molecule has 0 aromatic carbocycles. The number of rotatable bonds is 3. The third kappa shape index (κ3) is 3.05. The number of hydrogen-bond acceptors (Lipinski definition) is 1. The van der Waals surface area contributed by atoms with E-state index in [4.69, 9.17) is 5.11 Å². The van der Waals surface area contributed by atoms with Gasteiger partial charge in [-0.3, -0.25) is 0 Å². The molecule has 0 saturated heterocycles. The first-order valence-electron chi connectivity index (χ1n) is 4.78. The van der Waals surface area contributed by atoms with Gasteiger partial charge in [-0.15, -0.1) is 6.58 Å². The first-order chi connectivity index (χ1) is 6.24. The molecule has 0 amide bonds. The summed E-state index contributed by atoms with van der Waals surface area (Å²) in [7, 11) is 0. The van der Waals surface area contributed by atoms with Crippen molar-refractivity contribution in [1.29, 1.82) is 0 Å². The highest BCUT2D eigenvalue weighted by molar-refractivity contribution is 5.80. The maximum Gasteiger partial charge on any atom is 0.328 e. The Morgan fingerprint density at radius 1 is 1.62 bits per heavy atom. The molecule has 0 aromatic rings. The molecule has 13 heavy (non-hydrogen) atoms. The monoisotopic (exact) mass is 180 g/mol. The summed E-state index contributed by atoms with van der Waals surface area (Å²) in [6.45, 7) is 3.69. The summed E-state index contributed by atoms with van der Waals surface area (Å²) in [6.07, 6.45) is 8.59. The lowest BCUT2D eigenvalue weighted by Crippen LogP contribution is -2.10. The average molecular weight is 180 g/mol. The summed E-state index contributed by atoms with van der Waals surface area (Å²) in [5.41, 5.74) is 1.10. The van der Waals surface area contributed by atoms with Crippen molar-refractivity contribution in [3.63, 3.8) is 0 Å². The van der Waals surface area contributed by atoms with Crippen LogP contribution in [0.4, 0.5) is 0 Å². The molecule has 2 heteroatoms. The lowest BCUT2D eigenvalue weighted by atomic mass is 9.82. The van der Waals surface area contributed by atoms with Gasteiger partial charge in [0.2, 0.25) is 0 Å². The van der Waals surface area contributed by atoms with Gasteiger partial charge in [0, 0.05) is 6.08 Å². The largest absolute Gasteiger partial charge is 0.478 e. The Morgan fingerprint density at radius 3 is 3.00 bits per heavy atom. The van der Waals surface area contributed by atoms with Crippen LogP contribution in [0.15, 0.2) is 24.3 Å². The van der Waals surface area contributed by atoms with E-state index in [1.807, 2.05) is 6.08 Å². The van der Waals surface area contributed by atoms with Gasteiger partial charge in [0.05, 0.1) is 0 Å². The lowest BCUT2D eigenvalue weighted by Gasteiger charge is -2.23. The summed E-state index contributed by atoms with van der Waals surface area (Å²) in [5.74, 6) is -0.381. The van der Waals surface area contributed by atoms with E-state index in [9.17, 15) is 4.79 Å². The van der Waals surface area contributed by atoms with Crippen molar-refractivity contribution >= 4 is 5.97 Å². The predicted octanol–water partition coefficient (Wildman–Crippen LogP) is 2.76. The van der Waals surface area contributed by atoms with Crippen LogP contribution in [0.1, 0.15) is 32.1 Å². The zero-order valence-electron chi connectivity index (χ0n) is 7.83. The maximum absolute atomic E-state index is 10.5. The third-order valence-electron chi connectivity index (χ3n) is 2.55. The van der Waals surface area contributed by atoms with Gasteiger partial charge in [-0.25, -0.2) is 4.79 Å². The Hall–Kier alpha value is -1.05. The van der Waals surface area contributed by atoms with Crippen LogP contribution in [-0.4, -0.2) is 11.1 Å². The second kappa shape index (κ2) is 4.85. The number of carboxylic acid groups (broad SMARTS) is 1. The van der Waals surface area contributed by atoms with Gasteiger partial charge in [0.25, 0.3) is 0 Å². The number of aliphatic carboxylic acids is 1. The van der Waals surface area contributed by atoms with Gasteiger partial charge in [-0.1, -0.05) is 18.1 Å². The minimum atomic E-state index is -0.814. The standard InChI is InChI=1S/C11H16O2/c1-2-5-9-6-3-4-7-10(9)8-11(12)13/h2,8-9H,1,3-7H2,(H,12,13)/b10-8-/t9-/m1/s1. The van der Waals surface area contributed by atoms with E-state index in [0.29, 0.717) is 5.92 Å². The average Bonchev–Trinajstić information content (AvgIpc) is 2.08. The van der Waals surface area contributed by atoms with E-state index in [1.54, 1.807) is 0 Å². The Morgan fingerprint density at radius 2 is 2.38 bits per heavy atom. The Balaban J connectivity index is 2.66. The van der Waals surface area contributed by atoms with Crippen LogP contribution in [0.3, 0.4) is 0 Å². The van der Waals surface area contributed by atoms with Crippen LogP contribution in [-0.2, 0) is 4.79 Å². The summed E-state index contributed by atoms with van der Waals surface area (Å²) in [6, 6.07) is 0. The lowest BCUT2D eigenvalue weighted by molar-refractivity contribution is -0.131. The smallest absolute Gasteiger partial charge is 0.328 e. The molecule has 1 atom stereocenters. The van der Waals surface area contributed by atoms with Crippen LogP contribution in [0.25, 0.3) is 0 Å². The van der Waals surface area contributed by atoms with E-state index >= 15 is 0 Å². The topological polar surface area (TPSA) is 37.3 Å². The zero-order valence-corrected chi connectivity index (χ0v) is 7.83. The SMILES string of the molecule is C=CC[C@@H]1CCCC/C1=C/C(=O)O. The highest BCUT2D eigenvalue weighted by atomic mass is 16.4. The van der Waals surface area contributed by atoms with Crippen LogP contribution in [0.2, 0.25) is 0 Å². The molecule has 0 heterocycles. The van der Waals surface area contributed by atoms with Crippen molar-refractivity contribution in [3.8, 4) is 0 Å². The molecule has 1 saturated carbocycles. The van der Waals surface area contributed by atoms with Crippen molar-refractivity contribution < 1.29 is 9.90 Å². The third-order valence-corrected chi connectivity index (χ3v) is 2.55. The molecule has 1 rings (SSSR count). The Labute approximate surface area is 79.0 Å². The van der Waals surface area contributed by atoms with Gasteiger partial charge in [0.1, 0.15) is 0 Å². The minimum Gasteiger partial charge on any atom is -0.478 e. The molecular formula is C11H16O2. The van der Waals surface area contributed by atoms with Crippen LogP contribution in [0.5, 0.6) is 0 Å². The molecule has 0 aromatic heterocycles. The number of hydrogen-bond donors (Lipinski definition) is 1. The fourth-order valence-electron chi connectivity index (χ4n) is 1.93. The quantitative estimate of drug-likeness (QED) is 0.535. The molecule has 2 nitrogen and oxygen atoms in total. The summed E-state index contributed by atoms with van der Waals surface area (Å²) < 4.78 is 0. The van der Waals surface area contributed by atoms with E-state index in [2.05, 4.69) is 6.58 Å². The van der Waals surface area contributed by atoms with E-state index in [1.165, 1.54) is 12.5 Å². The fourth-order valence-corrected chi connectivity index (χ4v) is 1.93. The highest BCUT2D eigenvalue weighted by Crippen LogP contribution is 2.31. The van der Waals surface area contributed by atoms with Gasteiger partial charge >= 0.3 is 5.97 Å². The number of allylic oxidation sites excluding steroid dienone is 2. The van der Waals surface area contributed by atoms with E-state index < -0.39 is 5.97 Å².